The van der Waals surface area contributed by atoms with Crippen LogP contribution in [0.2, 0.25) is 0 Å². The van der Waals surface area contributed by atoms with E-state index in [9.17, 15) is 4.79 Å². The van der Waals surface area contributed by atoms with Gasteiger partial charge in [-0.05, 0) is 61.9 Å². The van der Waals surface area contributed by atoms with Crippen LogP contribution in [0.4, 0.5) is 0 Å². The van der Waals surface area contributed by atoms with Crippen LogP contribution in [-0.4, -0.2) is 16.8 Å². The van der Waals surface area contributed by atoms with E-state index in [0.717, 1.165) is 29.5 Å². The lowest BCUT2D eigenvalue weighted by Crippen LogP contribution is -2.36. The zero-order chi connectivity index (χ0) is 16.0. The third-order valence-corrected chi connectivity index (χ3v) is 5.50. The topological polar surface area (TPSA) is 33.5 Å². The Hall–Kier alpha value is -1.55. The molecule has 0 saturated heterocycles. The lowest BCUT2D eigenvalue weighted by atomic mass is 10.1. The monoisotopic (exact) mass is 373 g/mol. The minimum absolute atomic E-state index is 0.0242. The first-order chi connectivity index (χ1) is 11.1. The fourth-order valence-corrected chi connectivity index (χ4v) is 3.71. The third kappa shape index (κ3) is 2.97. The van der Waals surface area contributed by atoms with Crippen molar-refractivity contribution in [1.82, 2.24) is 4.90 Å². The van der Waals surface area contributed by atoms with Gasteiger partial charge < -0.3 is 9.32 Å². The summed E-state index contributed by atoms with van der Waals surface area (Å²) in [4.78, 5) is 15.1. The molecule has 2 aliphatic rings. The van der Waals surface area contributed by atoms with Crippen LogP contribution < -0.4 is 0 Å². The largest absolute Gasteiger partial charge is 0.467 e. The molecule has 0 bridgehead atoms. The molecule has 0 unspecified atom stereocenters. The molecule has 3 atom stereocenters. The van der Waals surface area contributed by atoms with Gasteiger partial charge in [-0.25, -0.2) is 0 Å². The van der Waals surface area contributed by atoms with E-state index in [-0.39, 0.29) is 12.0 Å². The molecule has 2 saturated carbocycles. The predicted octanol–water partition coefficient (Wildman–Crippen LogP) is 4.90. The van der Waals surface area contributed by atoms with Crippen molar-refractivity contribution >= 4 is 21.8 Å². The van der Waals surface area contributed by atoms with Crippen molar-refractivity contribution in [2.75, 3.05) is 0 Å². The van der Waals surface area contributed by atoms with Crippen molar-refractivity contribution in [1.29, 1.82) is 0 Å². The van der Waals surface area contributed by atoms with Crippen LogP contribution in [0.15, 0.2) is 51.6 Å². The van der Waals surface area contributed by atoms with Crippen molar-refractivity contribution < 1.29 is 9.21 Å². The normalized spacial score (nSPS) is 24.3. The van der Waals surface area contributed by atoms with E-state index >= 15 is 0 Å². The first kappa shape index (κ1) is 15.0. The summed E-state index contributed by atoms with van der Waals surface area (Å²) in [6, 6.07) is 12.6. The Kier molecular flexibility index (Phi) is 3.80. The summed E-state index contributed by atoms with van der Waals surface area (Å²) >= 11 is 3.47. The number of hydrogen-bond donors (Lipinski definition) is 0. The van der Waals surface area contributed by atoms with E-state index < -0.39 is 0 Å². The molecule has 23 heavy (non-hydrogen) atoms. The maximum Gasteiger partial charge on any atom is 0.227 e. The van der Waals surface area contributed by atoms with E-state index in [2.05, 4.69) is 52.0 Å². The van der Waals surface area contributed by atoms with E-state index in [4.69, 9.17) is 4.42 Å². The molecular weight excluding hydrogens is 354 g/mol. The quantitative estimate of drug-likeness (QED) is 0.746. The van der Waals surface area contributed by atoms with Gasteiger partial charge in [0, 0.05) is 16.4 Å². The molecule has 4 rings (SSSR count). The van der Waals surface area contributed by atoms with Gasteiger partial charge in [0.15, 0.2) is 0 Å². The maximum atomic E-state index is 13.0. The molecule has 120 valence electrons. The molecule has 3 nitrogen and oxygen atoms in total. The molecule has 2 aliphatic carbocycles. The average Bonchev–Trinajstić information content (AvgIpc) is 3.47. The lowest BCUT2D eigenvalue weighted by molar-refractivity contribution is -0.136. The van der Waals surface area contributed by atoms with Gasteiger partial charge in [-0.15, -0.1) is 0 Å². The average molecular weight is 374 g/mol. The zero-order valence-electron chi connectivity index (χ0n) is 13.1. The van der Waals surface area contributed by atoms with E-state index in [1.54, 1.807) is 6.26 Å². The van der Waals surface area contributed by atoms with Gasteiger partial charge in [0.05, 0.1) is 12.3 Å². The van der Waals surface area contributed by atoms with Crippen LogP contribution in [0.3, 0.4) is 0 Å². The van der Waals surface area contributed by atoms with Gasteiger partial charge in [0.25, 0.3) is 0 Å². The molecule has 1 aromatic carbocycles. The van der Waals surface area contributed by atoms with Gasteiger partial charge in [-0.3, -0.25) is 4.79 Å². The number of nitrogens with zero attached hydrogens (tertiary/aromatic N) is 1. The summed E-state index contributed by atoms with van der Waals surface area (Å²) in [5.74, 6) is 1.69. The molecule has 0 aliphatic heterocycles. The van der Waals surface area contributed by atoms with Crippen LogP contribution in [0.5, 0.6) is 0 Å². The fourth-order valence-electron chi connectivity index (χ4n) is 3.44. The Balaban J connectivity index is 1.50. The molecule has 0 radical (unpaired) electrons. The number of furan rings is 1. The minimum atomic E-state index is 0.0242. The highest BCUT2D eigenvalue weighted by atomic mass is 79.9. The highest BCUT2D eigenvalue weighted by Crippen LogP contribution is 2.50. The molecule has 2 aromatic rings. The van der Waals surface area contributed by atoms with Gasteiger partial charge in [0.1, 0.15) is 5.76 Å². The van der Waals surface area contributed by atoms with Crippen molar-refractivity contribution in [2.45, 2.75) is 44.2 Å². The number of carbonyl (C=O) groups excluding carboxylic acids is 1. The van der Waals surface area contributed by atoms with Crippen LogP contribution in [0, 0.1) is 5.92 Å². The molecule has 1 amide bonds. The molecule has 1 aromatic heterocycles. The van der Waals surface area contributed by atoms with E-state index in [1.165, 1.54) is 5.56 Å². The predicted molar refractivity (Wildman–Crippen MR) is 92.0 cm³/mol. The molecule has 2 fully saturated rings. The maximum absolute atomic E-state index is 13.0. The number of amides is 1. The molecule has 1 heterocycles. The molecule has 4 heteroatoms. The zero-order valence-corrected chi connectivity index (χ0v) is 14.7. The van der Waals surface area contributed by atoms with Gasteiger partial charge in [-0.2, -0.15) is 0 Å². The van der Waals surface area contributed by atoms with E-state index in [0.29, 0.717) is 17.9 Å². The van der Waals surface area contributed by atoms with Gasteiger partial charge in [0.2, 0.25) is 5.91 Å². The first-order valence-corrected chi connectivity index (χ1v) is 9.05. The number of carbonyl (C=O) groups is 1. The number of rotatable bonds is 5. The highest BCUT2D eigenvalue weighted by molar-refractivity contribution is 9.10. The summed E-state index contributed by atoms with van der Waals surface area (Å²) in [6.45, 7) is 2.08. The molecule has 0 spiro atoms. The lowest BCUT2D eigenvalue weighted by Gasteiger charge is -2.28. The van der Waals surface area contributed by atoms with Crippen LogP contribution >= 0.6 is 15.9 Å². The van der Waals surface area contributed by atoms with Crippen molar-refractivity contribution in [3.63, 3.8) is 0 Å². The third-order valence-electron chi connectivity index (χ3n) is 4.97. The van der Waals surface area contributed by atoms with Crippen LogP contribution in [-0.2, 0) is 4.79 Å². The van der Waals surface area contributed by atoms with Crippen molar-refractivity contribution in [3.8, 4) is 0 Å². The second-order valence-electron chi connectivity index (χ2n) is 6.67. The fraction of sp³-hybridized carbons (Fsp3) is 0.421. The summed E-state index contributed by atoms with van der Waals surface area (Å²) in [5.41, 5.74) is 1.27. The Morgan fingerprint density at radius 3 is 2.61 bits per heavy atom. The summed E-state index contributed by atoms with van der Waals surface area (Å²) in [7, 11) is 0. The Morgan fingerprint density at radius 2 is 2.00 bits per heavy atom. The minimum Gasteiger partial charge on any atom is -0.467 e. The first-order valence-electron chi connectivity index (χ1n) is 8.26. The smallest absolute Gasteiger partial charge is 0.227 e. The number of halogens is 1. The standard InChI is InChI=1S/C19H20BrNO2/c1-12(18-3-2-10-23-18)21(15-8-9-15)19(22)17-11-16(17)13-4-6-14(20)7-5-13/h2-7,10,12,15-17H,8-9,11H2,1H3/t12-,16+,17-/m1/s1. The summed E-state index contributed by atoms with van der Waals surface area (Å²) in [5, 5.41) is 0. The van der Waals surface area contributed by atoms with Crippen molar-refractivity contribution in [2.24, 2.45) is 5.92 Å². The highest BCUT2D eigenvalue weighted by Gasteiger charge is 2.49. The van der Waals surface area contributed by atoms with Crippen molar-refractivity contribution in [3.05, 3.63) is 58.5 Å². The Labute approximate surface area is 144 Å². The van der Waals surface area contributed by atoms with Crippen LogP contribution in [0.1, 0.15) is 49.5 Å². The second kappa shape index (κ2) is 5.82. The van der Waals surface area contributed by atoms with Crippen LogP contribution in [0.25, 0.3) is 0 Å². The van der Waals surface area contributed by atoms with E-state index in [1.807, 2.05) is 12.1 Å². The molecular formula is C19H20BrNO2. The number of hydrogen-bond acceptors (Lipinski definition) is 2. The molecule has 0 N–H and O–H groups in total. The number of benzene rings is 1. The SMILES string of the molecule is C[C@H](c1ccco1)N(C(=O)[C@@H]1C[C@H]1c1ccc(Br)cc1)C1CC1. The Morgan fingerprint density at radius 1 is 1.26 bits per heavy atom. The van der Waals surface area contributed by atoms with Gasteiger partial charge in [-0.1, -0.05) is 28.1 Å². The second-order valence-corrected chi connectivity index (χ2v) is 7.58. The van der Waals surface area contributed by atoms with Gasteiger partial charge >= 0.3 is 0 Å². The summed E-state index contributed by atoms with van der Waals surface area (Å²) < 4.78 is 6.61. The Bertz CT molecular complexity index is 691. The summed E-state index contributed by atoms with van der Waals surface area (Å²) in [6.07, 6.45) is 4.89.